The first-order valence-electron chi connectivity index (χ1n) is 7.54. The number of ether oxygens (including phenoxy) is 1. The fourth-order valence-corrected chi connectivity index (χ4v) is 2.63. The summed E-state index contributed by atoms with van der Waals surface area (Å²) in [7, 11) is 0. The van der Waals surface area contributed by atoms with Crippen LogP contribution in [0.25, 0.3) is 0 Å². The average molecular weight is 268 g/mol. The molecule has 0 spiro atoms. The molecule has 1 aliphatic heterocycles. The van der Waals surface area contributed by atoms with Crippen molar-refractivity contribution in [1.82, 2.24) is 4.90 Å². The second-order valence-electron chi connectivity index (χ2n) is 7.31. The Morgan fingerprint density at radius 1 is 1.32 bits per heavy atom. The molecule has 19 heavy (non-hydrogen) atoms. The molecule has 0 atom stereocenters. The summed E-state index contributed by atoms with van der Waals surface area (Å²) >= 11 is 0. The van der Waals surface area contributed by atoms with Crippen molar-refractivity contribution in [2.45, 2.75) is 70.4 Å². The van der Waals surface area contributed by atoms with Crippen LogP contribution in [0.3, 0.4) is 0 Å². The summed E-state index contributed by atoms with van der Waals surface area (Å²) in [5, 5.41) is 0. The van der Waals surface area contributed by atoms with Gasteiger partial charge in [0.25, 0.3) is 0 Å². The van der Waals surface area contributed by atoms with E-state index in [9.17, 15) is 4.79 Å². The number of rotatable bonds is 3. The van der Waals surface area contributed by atoms with Gasteiger partial charge in [-0.05, 0) is 65.2 Å². The standard InChI is InChI=1S/C15H28N2O2/c1-14(2,3)19-13(18)17-10-5-12(6-11-17)4-7-15(16)8-9-15/h12H,4-11,16H2,1-3H3. The van der Waals surface area contributed by atoms with Crippen molar-refractivity contribution in [1.29, 1.82) is 0 Å². The fraction of sp³-hybridized carbons (Fsp3) is 0.933. The van der Waals surface area contributed by atoms with Gasteiger partial charge >= 0.3 is 6.09 Å². The van der Waals surface area contributed by atoms with Gasteiger partial charge in [-0.3, -0.25) is 0 Å². The van der Waals surface area contributed by atoms with Gasteiger partial charge in [0, 0.05) is 18.6 Å². The number of nitrogens with two attached hydrogens (primary N) is 1. The monoisotopic (exact) mass is 268 g/mol. The van der Waals surface area contributed by atoms with E-state index in [4.69, 9.17) is 10.5 Å². The lowest BCUT2D eigenvalue weighted by Gasteiger charge is -2.33. The van der Waals surface area contributed by atoms with Crippen LogP contribution in [-0.4, -0.2) is 35.2 Å². The molecule has 2 aliphatic rings. The highest BCUT2D eigenvalue weighted by molar-refractivity contribution is 5.68. The molecule has 0 unspecified atom stereocenters. The van der Waals surface area contributed by atoms with Gasteiger partial charge < -0.3 is 15.4 Å². The molecule has 1 saturated heterocycles. The Kier molecular flexibility index (Phi) is 4.09. The molecular weight excluding hydrogens is 240 g/mol. The molecule has 110 valence electrons. The van der Waals surface area contributed by atoms with Crippen LogP contribution in [0, 0.1) is 5.92 Å². The van der Waals surface area contributed by atoms with Crippen LogP contribution in [0.1, 0.15) is 59.3 Å². The zero-order valence-electron chi connectivity index (χ0n) is 12.6. The number of carbonyl (C=O) groups excluding carboxylic acids is 1. The van der Waals surface area contributed by atoms with Crippen molar-refractivity contribution in [2.24, 2.45) is 11.7 Å². The third kappa shape index (κ3) is 4.68. The van der Waals surface area contributed by atoms with Crippen molar-refractivity contribution in [3.8, 4) is 0 Å². The van der Waals surface area contributed by atoms with E-state index >= 15 is 0 Å². The van der Waals surface area contributed by atoms with E-state index in [0.29, 0.717) is 0 Å². The van der Waals surface area contributed by atoms with Gasteiger partial charge in [-0.1, -0.05) is 0 Å². The summed E-state index contributed by atoms with van der Waals surface area (Å²) in [6.07, 6.45) is 6.80. The van der Waals surface area contributed by atoms with E-state index in [-0.39, 0.29) is 11.6 Å². The maximum atomic E-state index is 11.9. The van der Waals surface area contributed by atoms with E-state index in [0.717, 1.165) is 38.3 Å². The molecule has 0 aromatic heterocycles. The first-order chi connectivity index (χ1) is 8.77. The number of likely N-dealkylation sites (tertiary alicyclic amines) is 1. The molecule has 0 radical (unpaired) electrons. The first-order valence-corrected chi connectivity index (χ1v) is 7.54. The second kappa shape index (κ2) is 5.31. The predicted molar refractivity (Wildman–Crippen MR) is 75.9 cm³/mol. The zero-order chi connectivity index (χ0) is 14.1. The van der Waals surface area contributed by atoms with Gasteiger partial charge in [-0.15, -0.1) is 0 Å². The Hall–Kier alpha value is -0.770. The Bertz CT molecular complexity index is 324. The van der Waals surface area contributed by atoms with Crippen molar-refractivity contribution in [3.05, 3.63) is 0 Å². The van der Waals surface area contributed by atoms with E-state index in [1.165, 1.54) is 19.3 Å². The molecule has 1 amide bonds. The molecule has 0 aromatic rings. The first kappa shape index (κ1) is 14.6. The molecule has 2 N–H and O–H groups in total. The molecule has 4 heteroatoms. The van der Waals surface area contributed by atoms with Gasteiger partial charge in [0.15, 0.2) is 0 Å². The number of nitrogens with zero attached hydrogens (tertiary/aromatic N) is 1. The summed E-state index contributed by atoms with van der Waals surface area (Å²) in [4.78, 5) is 13.8. The molecule has 1 saturated carbocycles. The molecule has 2 fully saturated rings. The highest BCUT2D eigenvalue weighted by atomic mass is 16.6. The lowest BCUT2D eigenvalue weighted by Crippen LogP contribution is -2.41. The number of amides is 1. The van der Waals surface area contributed by atoms with E-state index < -0.39 is 5.60 Å². The van der Waals surface area contributed by atoms with Crippen LogP contribution < -0.4 is 5.73 Å². The third-order valence-electron chi connectivity index (χ3n) is 4.21. The lowest BCUT2D eigenvalue weighted by molar-refractivity contribution is 0.0179. The normalized spacial score (nSPS) is 23.3. The van der Waals surface area contributed by atoms with Crippen molar-refractivity contribution in [2.75, 3.05) is 13.1 Å². The molecule has 4 nitrogen and oxygen atoms in total. The average Bonchev–Trinajstić information content (AvgIpc) is 3.04. The number of hydrogen-bond donors (Lipinski definition) is 1. The van der Waals surface area contributed by atoms with Crippen LogP contribution in [0.15, 0.2) is 0 Å². The number of carbonyl (C=O) groups is 1. The molecule has 1 aliphatic carbocycles. The van der Waals surface area contributed by atoms with Gasteiger partial charge in [0.1, 0.15) is 5.60 Å². The quantitative estimate of drug-likeness (QED) is 0.856. The largest absolute Gasteiger partial charge is 0.444 e. The summed E-state index contributed by atoms with van der Waals surface area (Å²) < 4.78 is 5.40. The maximum absolute atomic E-state index is 11.9. The Labute approximate surface area is 116 Å². The minimum atomic E-state index is -0.397. The predicted octanol–water partition coefficient (Wildman–Crippen LogP) is 2.91. The smallest absolute Gasteiger partial charge is 0.410 e. The third-order valence-corrected chi connectivity index (χ3v) is 4.21. The zero-order valence-corrected chi connectivity index (χ0v) is 12.6. The van der Waals surface area contributed by atoms with Gasteiger partial charge in [0.2, 0.25) is 0 Å². The van der Waals surface area contributed by atoms with Crippen LogP contribution in [-0.2, 0) is 4.74 Å². The Morgan fingerprint density at radius 3 is 2.37 bits per heavy atom. The van der Waals surface area contributed by atoms with E-state index in [1.807, 2.05) is 25.7 Å². The maximum Gasteiger partial charge on any atom is 0.410 e. The molecule has 0 aromatic carbocycles. The molecule has 2 rings (SSSR count). The molecular formula is C15H28N2O2. The van der Waals surface area contributed by atoms with Crippen molar-refractivity contribution < 1.29 is 9.53 Å². The minimum absolute atomic E-state index is 0.163. The number of hydrogen-bond acceptors (Lipinski definition) is 3. The van der Waals surface area contributed by atoms with Crippen LogP contribution in [0.2, 0.25) is 0 Å². The Balaban J connectivity index is 1.68. The summed E-state index contributed by atoms with van der Waals surface area (Å²) in [6.45, 7) is 7.39. The van der Waals surface area contributed by atoms with Gasteiger partial charge in [0.05, 0.1) is 0 Å². The highest BCUT2D eigenvalue weighted by Gasteiger charge is 2.38. The van der Waals surface area contributed by atoms with E-state index in [2.05, 4.69) is 0 Å². The van der Waals surface area contributed by atoms with Crippen LogP contribution >= 0.6 is 0 Å². The van der Waals surface area contributed by atoms with Gasteiger partial charge in [-0.2, -0.15) is 0 Å². The Morgan fingerprint density at radius 2 is 1.89 bits per heavy atom. The number of piperidine rings is 1. The van der Waals surface area contributed by atoms with Crippen LogP contribution in [0.5, 0.6) is 0 Å². The summed E-state index contributed by atoms with van der Waals surface area (Å²) in [5.41, 5.74) is 5.90. The topological polar surface area (TPSA) is 55.6 Å². The summed E-state index contributed by atoms with van der Waals surface area (Å²) in [5.74, 6) is 0.736. The SMILES string of the molecule is CC(C)(C)OC(=O)N1CCC(CCC2(N)CC2)CC1. The van der Waals surface area contributed by atoms with Crippen LogP contribution in [0.4, 0.5) is 4.79 Å². The second-order valence-corrected chi connectivity index (χ2v) is 7.31. The highest BCUT2D eigenvalue weighted by Crippen LogP contribution is 2.38. The van der Waals surface area contributed by atoms with E-state index in [1.54, 1.807) is 0 Å². The summed E-state index contributed by atoms with van der Waals surface area (Å²) in [6, 6.07) is 0. The van der Waals surface area contributed by atoms with Gasteiger partial charge in [-0.25, -0.2) is 4.79 Å². The fourth-order valence-electron chi connectivity index (χ4n) is 2.63. The van der Waals surface area contributed by atoms with Crippen molar-refractivity contribution in [3.63, 3.8) is 0 Å². The van der Waals surface area contributed by atoms with Crippen molar-refractivity contribution >= 4 is 6.09 Å². The lowest BCUT2D eigenvalue weighted by atomic mass is 9.90. The minimum Gasteiger partial charge on any atom is -0.444 e. The molecule has 1 heterocycles. The molecule has 0 bridgehead atoms.